The highest BCUT2D eigenvalue weighted by molar-refractivity contribution is 5.97. The monoisotopic (exact) mass is 218 g/mol. The average molecular weight is 218 g/mol. The van der Waals surface area contributed by atoms with E-state index in [4.69, 9.17) is 0 Å². The summed E-state index contributed by atoms with van der Waals surface area (Å²) in [6, 6.07) is 1.98. The van der Waals surface area contributed by atoms with E-state index >= 15 is 0 Å². The largest absolute Gasteiger partial charge is 0.434 e. The molecule has 0 aliphatic rings. The van der Waals surface area contributed by atoms with E-state index in [-0.39, 0.29) is 11.1 Å². The van der Waals surface area contributed by atoms with Crippen molar-refractivity contribution in [1.29, 1.82) is 0 Å². The first-order chi connectivity index (χ1) is 6.91. The lowest BCUT2D eigenvalue weighted by Gasteiger charge is -2.09. The zero-order valence-electron chi connectivity index (χ0n) is 8.18. The van der Waals surface area contributed by atoms with Gasteiger partial charge in [0.05, 0.1) is 5.56 Å². The highest BCUT2D eigenvalue weighted by atomic mass is 19.3. The van der Waals surface area contributed by atoms with E-state index in [0.29, 0.717) is 0 Å². The molecule has 0 heterocycles. The van der Waals surface area contributed by atoms with Crippen molar-refractivity contribution in [2.45, 2.75) is 20.5 Å². The zero-order valence-corrected chi connectivity index (χ0v) is 8.18. The summed E-state index contributed by atoms with van der Waals surface area (Å²) in [4.78, 5) is 11.1. The van der Waals surface area contributed by atoms with Crippen LogP contribution in [0.4, 0.5) is 13.2 Å². The number of hydrogen-bond acceptors (Lipinski definition) is 2. The molecule has 0 bridgehead atoms. The molecule has 0 atom stereocenters. The van der Waals surface area contributed by atoms with E-state index in [1.807, 2.05) is 0 Å². The molecule has 0 fully saturated rings. The number of carbonyl (C=O) groups excluding carboxylic acids is 1. The molecule has 0 aliphatic heterocycles. The summed E-state index contributed by atoms with van der Waals surface area (Å²) < 4.78 is 41.0. The van der Waals surface area contributed by atoms with Crippen molar-refractivity contribution in [3.8, 4) is 5.75 Å². The van der Waals surface area contributed by atoms with Gasteiger partial charge in [-0.15, -0.1) is 0 Å². The molecule has 1 aromatic carbocycles. The minimum atomic E-state index is -3.08. The highest BCUT2D eigenvalue weighted by Gasteiger charge is 2.15. The quantitative estimate of drug-likeness (QED) is 0.729. The van der Waals surface area contributed by atoms with Crippen LogP contribution in [0.1, 0.15) is 22.8 Å². The van der Waals surface area contributed by atoms with Crippen LogP contribution in [0.25, 0.3) is 0 Å². The number of carbonyl (C=O) groups is 1. The van der Waals surface area contributed by atoms with Gasteiger partial charge < -0.3 is 4.74 Å². The van der Waals surface area contributed by atoms with E-state index in [9.17, 15) is 18.0 Å². The minimum absolute atomic E-state index is 0.0470. The lowest BCUT2D eigenvalue weighted by atomic mass is 10.1. The SMILES string of the molecule is CC(=O)c1cc(C)c(F)cc1OC(F)F. The number of rotatable bonds is 3. The molecule has 15 heavy (non-hydrogen) atoms. The Labute approximate surface area is 84.7 Å². The number of Topliss-reactive ketones (excluding diaryl/α,β-unsaturated/α-hetero) is 1. The molecular weight excluding hydrogens is 209 g/mol. The molecule has 0 amide bonds. The number of aryl methyl sites for hydroxylation is 1. The van der Waals surface area contributed by atoms with Crippen molar-refractivity contribution in [3.63, 3.8) is 0 Å². The molecule has 1 aromatic rings. The summed E-state index contributed by atoms with van der Waals surface area (Å²) in [5.41, 5.74) is 0.163. The van der Waals surface area contributed by atoms with Crippen LogP contribution in [0.15, 0.2) is 12.1 Å². The van der Waals surface area contributed by atoms with Crippen LogP contribution in [0.3, 0.4) is 0 Å². The summed E-state index contributed by atoms with van der Waals surface area (Å²) in [7, 11) is 0. The Kier molecular flexibility index (Phi) is 3.34. The van der Waals surface area contributed by atoms with E-state index in [1.165, 1.54) is 19.9 Å². The Bertz CT molecular complexity index is 388. The van der Waals surface area contributed by atoms with Gasteiger partial charge in [-0.2, -0.15) is 8.78 Å². The third-order valence-electron chi connectivity index (χ3n) is 1.86. The van der Waals surface area contributed by atoms with Gasteiger partial charge in [0, 0.05) is 6.07 Å². The van der Waals surface area contributed by atoms with Gasteiger partial charge in [-0.1, -0.05) is 0 Å². The van der Waals surface area contributed by atoms with Crippen molar-refractivity contribution >= 4 is 5.78 Å². The van der Waals surface area contributed by atoms with Crippen molar-refractivity contribution < 1.29 is 22.7 Å². The van der Waals surface area contributed by atoms with Gasteiger partial charge in [0.1, 0.15) is 11.6 Å². The second-order valence-electron chi connectivity index (χ2n) is 3.03. The van der Waals surface area contributed by atoms with Crippen LogP contribution in [0, 0.1) is 12.7 Å². The molecule has 5 heteroatoms. The van der Waals surface area contributed by atoms with Gasteiger partial charge in [0.2, 0.25) is 0 Å². The van der Waals surface area contributed by atoms with E-state index in [2.05, 4.69) is 4.74 Å². The molecule has 0 aliphatic carbocycles. The Balaban J connectivity index is 3.22. The van der Waals surface area contributed by atoms with E-state index < -0.39 is 24.0 Å². The standard InChI is InChI=1S/C10H9F3O2/c1-5-3-7(6(2)14)9(4-8(5)11)15-10(12)13/h3-4,10H,1-2H3. The zero-order chi connectivity index (χ0) is 11.6. The van der Waals surface area contributed by atoms with Crippen LogP contribution in [0.5, 0.6) is 5.75 Å². The molecule has 0 aromatic heterocycles. The molecule has 0 saturated heterocycles. The molecule has 82 valence electrons. The molecule has 1 rings (SSSR count). The predicted molar refractivity (Wildman–Crippen MR) is 47.8 cm³/mol. The fraction of sp³-hybridized carbons (Fsp3) is 0.300. The lowest BCUT2D eigenvalue weighted by Crippen LogP contribution is -2.07. The normalized spacial score (nSPS) is 10.5. The maximum atomic E-state index is 13.0. The van der Waals surface area contributed by atoms with Crippen molar-refractivity contribution in [3.05, 3.63) is 29.1 Å². The number of alkyl halides is 2. The Morgan fingerprint density at radius 1 is 1.40 bits per heavy atom. The number of hydrogen-bond donors (Lipinski definition) is 0. The summed E-state index contributed by atoms with van der Waals surface area (Å²) in [5.74, 6) is -1.56. The Hall–Kier alpha value is -1.52. The molecule has 2 nitrogen and oxygen atoms in total. The third-order valence-corrected chi connectivity index (χ3v) is 1.86. The minimum Gasteiger partial charge on any atom is -0.434 e. The topological polar surface area (TPSA) is 26.3 Å². The van der Waals surface area contributed by atoms with Crippen LogP contribution < -0.4 is 4.74 Å². The Morgan fingerprint density at radius 2 is 2.00 bits per heavy atom. The highest BCUT2D eigenvalue weighted by Crippen LogP contribution is 2.24. The van der Waals surface area contributed by atoms with Crippen LogP contribution in [-0.4, -0.2) is 12.4 Å². The van der Waals surface area contributed by atoms with Crippen LogP contribution in [0.2, 0.25) is 0 Å². The van der Waals surface area contributed by atoms with Gasteiger partial charge in [0.25, 0.3) is 0 Å². The third kappa shape index (κ3) is 2.71. The van der Waals surface area contributed by atoms with Crippen LogP contribution in [-0.2, 0) is 0 Å². The summed E-state index contributed by atoms with van der Waals surface area (Å²) in [5, 5.41) is 0. The molecule has 0 spiro atoms. The fourth-order valence-electron chi connectivity index (χ4n) is 1.13. The van der Waals surface area contributed by atoms with Gasteiger partial charge >= 0.3 is 6.61 Å². The molecule has 0 unspecified atom stereocenters. The van der Waals surface area contributed by atoms with Gasteiger partial charge in [0.15, 0.2) is 5.78 Å². The van der Waals surface area contributed by atoms with Gasteiger partial charge in [-0.25, -0.2) is 4.39 Å². The lowest BCUT2D eigenvalue weighted by molar-refractivity contribution is -0.0502. The maximum Gasteiger partial charge on any atom is 0.387 e. The first-order valence-corrected chi connectivity index (χ1v) is 4.17. The van der Waals surface area contributed by atoms with Gasteiger partial charge in [-0.3, -0.25) is 4.79 Å². The number of halogens is 3. The van der Waals surface area contributed by atoms with Gasteiger partial charge in [-0.05, 0) is 25.5 Å². The first-order valence-electron chi connectivity index (χ1n) is 4.17. The number of ketones is 1. The number of benzene rings is 1. The van der Waals surface area contributed by atoms with Crippen molar-refractivity contribution in [2.24, 2.45) is 0 Å². The molecule has 0 saturated carbocycles. The van der Waals surface area contributed by atoms with Crippen molar-refractivity contribution in [2.75, 3.05) is 0 Å². The fourth-order valence-corrected chi connectivity index (χ4v) is 1.13. The van der Waals surface area contributed by atoms with Crippen molar-refractivity contribution in [1.82, 2.24) is 0 Å². The smallest absolute Gasteiger partial charge is 0.387 e. The van der Waals surface area contributed by atoms with E-state index in [1.54, 1.807) is 0 Å². The predicted octanol–water partition coefficient (Wildman–Crippen LogP) is 2.94. The second kappa shape index (κ2) is 4.33. The average Bonchev–Trinajstić information content (AvgIpc) is 2.09. The Morgan fingerprint density at radius 3 is 2.47 bits per heavy atom. The molecule has 0 radical (unpaired) electrons. The summed E-state index contributed by atoms with van der Waals surface area (Å²) in [6.07, 6.45) is 0. The van der Waals surface area contributed by atoms with Crippen LogP contribution >= 0.6 is 0 Å². The first kappa shape index (κ1) is 11.6. The summed E-state index contributed by atoms with van der Waals surface area (Å²) in [6.45, 7) is -0.441. The maximum absolute atomic E-state index is 13.0. The second-order valence-corrected chi connectivity index (χ2v) is 3.03. The summed E-state index contributed by atoms with van der Waals surface area (Å²) >= 11 is 0. The molecule has 0 N–H and O–H groups in total. The molecular formula is C10H9F3O2. The number of ether oxygens (including phenoxy) is 1. The van der Waals surface area contributed by atoms with E-state index in [0.717, 1.165) is 6.07 Å².